The minimum absolute atomic E-state index is 0.0821. The fraction of sp³-hybridized carbons (Fsp3) is 0.421. The number of hydrogen-bond donors (Lipinski definition) is 1. The van der Waals surface area contributed by atoms with Gasteiger partial charge in [0.2, 0.25) is 11.8 Å². The van der Waals surface area contributed by atoms with Crippen LogP contribution in [0.3, 0.4) is 0 Å². The second-order valence-electron chi connectivity index (χ2n) is 6.47. The topological polar surface area (TPSA) is 90.5 Å². The monoisotopic (exact) mass is 356 g/mol. The van der Waals surface area contributed by atoms with Gasteiger partial charge in [0.05, 0.1) is 13.0 Å². The fourth-order valence-electron chi connectivity index (χ4n) is 3.33. The van der Waals surface area contributed by atoms with Gasteiger partial charge >= 0.3 is 0 Å². The number of aromatic nitrogens is 2. The first-order valence-electron chi connectivity index (χ1n) is 8.88. The van der Waals surface area contributed by atoms with Crippen LogP contribution in [0, 0.1) is 0 Å². The van der Waals surface area contributed by atoms with E-state index in [-0.39, 0.29) is 18.4 Å². The predicted octanol–water partition coefficient (Wildman–Crippen LogP) is 1.54. The van der Waals surface area contributed by atoms with E-state index >= 15 is 0 Å². The van der Waals surface area contributed by atoms with E-state index in [2.05, 4.69) is 4.98 Å². The molecular weight excluding hydrogens is 332 g/mol. The Morgan fingerprint density at radius 2 is 2.08 bits per heavy atom. The van der Waals surface area contributed by atoms with Crippen molar-refractivity contribution in [3.05, 3.63) is 48.5 Å². The molecule has 1 atom stereocenters. The van der Waals surface area contributed by atoms with Gasteiger partial charge in [0, 0.05) is 31.4 Å². The Labute approximate surface area is 152 Å². The number of benzene rings is 1. The molecule has 0 spiro atoms. The van der Waals surface area contributed by atoms with Gasteiger partial charge in [-0.05, 0) is 25.0 Å². The summed E-state index contributed by atoms with van der Waals surface area (Å²) in [4.78, 5) is 30.0. The van der Waals surface area contributed by atoms with Crippen LogP contribution < -0.4 is 10.5 Å². The molecule has 1 aromatic carbocycles. The number of imidazole rings is 1. The Bertz CT molecular complexity index is 744. The molecule has 2 amide bonds. The van der Waals surface area contributed by atoms with E-state index in [1.165, 1.54) is 0 Å². The summed E-state index contributed by atoms with van der Waals surface area (Å²) in [5.74, 6) is 1.40. The standard InChI is InChI=1S/C19H24N4O3/c20-17(24)14-23-11-9-21-19(23)15-5-4-10-22(13-15)18(25)8-12-26-16-6-2-1-3-7-16/h1-3,6-7,9,11,15H,4-5,8,10,12-14H2,(H2,20,24)/t15-/m0/s1. The molecule has 1 aliphatic heterocycles. The summed E-state index contributed by atoms with van der Waals surface area (Å²) in [6.45, 7) is 1.84. The summed E-state index contributed by atoms with van der Waals surface area (Å²) in [7, 11) is 0. The summed E-state index contributed by atoms with van der Waals surface area (Å²) < 4.78 is 7.39. The van der Waals surface area contributed by atoms with E-state index in [1.807, 2.05) is 35.2 Å². The first-order valence-corrected chi connectivity index (χ1v) is 8.88. The molecule has 1 aliphatic rings. The zero-order chi connectivity index (χ0) is 18.4. The number of amides is 2. The van der Waals surface area contributed by atoms with Crippen LogP contribution in [0.2, 0.25) is 0 Å². The zero-order valence-electron chi connectivity index (χ0n) is 14.7. The molecule has 2 aromatic rings. The van der Waals surface area contributed by atoms with Gasteiger partial charge in [-0.25, -0.2) is 4.98 Å². The van der Waals surface area contributed by atoms with Crippen molar-refractivity contribution in [1.82, 2.24) is 14.5 Å². The number of rotatable bonds is 7. The van der Waals surface area contributed by atoms with Crippen molar-refractivity contribution in [2.24, 2.45) is 5.73 Å². The third-order valence-corrected chi connectivity index (χ3v) is 4.54. The highest BCUT2D eigenvalue weighted by atomic mass is 16.5. The van der Waals surface area contributed by atoms with Crippen molar-refractivity contribution >= 4 is 11.8 Å². The SMILES string of the molecule is NC(=O)Cn1ccnc1[C@H]1CCCN(C(=O)CCOc2ccccc2)C1. The lowest BCUT2D eigenvalue weighted by molar-refractivity contribution is -0.133. The summed E-state index contributed by atoms with van der Waals surface area (Å²) >= 11 is 0. The van der Waals surface area contributed by atoms with E-state index < -0.39 is 5.91 Å². The number of likely N-dealkylation sites (tertiary alicyclic amines) is 1. The van der Waals surface area contributed by atoms with Gasteiger partial charge in [-0.1, -0.05) is 18.2 Å². The van der Waals surface area contributed by atoms with Crippen LogP contribution >= 0.6 is 0 Å². The minimum Gasteiger partial charge on any atom is -0.493 e. The molecule has 0 aliphatic carbocycles. The third-order valence-electron chi connectivity index (χ3n) is 4.54. The predicted molar refractivity (Wildman–Crippen MR) is 96.5 cm³/mol. The quantitative estimate of drug-likeness (QED) is 0.815. The van der Waals surface area contributed by atoms with E-state index in [1.54, 1.807) is 17.0 Å². The second-order valence-corrected chi connectivity index (χ2v) is 6.47. The Balaban J connectivity index is 1.54. The lowest BCUT2D eigenvalue weighted by atomic mass is 9.97. The van der Waals surface area contributed by atoms with Gasteiger partial charge in [0.25, 0.3) is 0 Å². The van der Waals surface area contributed by atoms with E-state index in [0.717, 1.165) is 31.0 Å². The van der Waals surface area contributed by atoms with Crippen LogP contribution in [0.5, 0.6) is 5.75 Å². The molecule has 0 saturated carbocycles. The van der Waals surface area contributed by atoms with Crippen molar-refractivity contribution in [2.45, 2.75) is 31.7 Å². The van der Waals surface area contributed by atoms with Crippen molar-refractivity contribution in [1.29, 1.82) is 0 Å². The van der Waals surface area contributed by atoms with Gasteiger partial charge < -0.3 is 19.9 Å². The average Bonchev–Trinajstić information content (AvgIpc) is 3.10. The first kappa shape index (κ1) is 18.0. The molecule has 0 bridgehead atoms. The summed E-state index contributed by atoms with van der Waals surface area (Å²) in [6.07, 6.45) is 5.64. The Hall–Kier alpha value is -2.83. The smallest absolute Gasteiger partial charge is 0.237 e. The fourth-order valence-corrected chi connectivity index (χ4v) is 3.33. The number of piperidine rings is 1. The first-order chi connectivity index (χ1) is 12.6. The number of primary amides is 1. The van der Waals surface area contributed by atoms with Crippen molar-refractivity contribution in [2.75, 3.05) is 19.7 Å². The highest BCUT2D eigenvalue weighted by molar-refractivity contribution is 5.76. The highest BCUT2D eigenvalue weighted by Crippen LogP contribution is 2.26. The Morgan fingerprint density at radius 1 is 1.27 bits per heavy atom. The minimum atomic E-state index is -0.397. The lowest BCUT2D eigenvalue weighted by Gasteiger charge is -2.32. The van der Waals surface area contributed by atoms with Gasteiger partial charge in [-0.15, -0.1) is 0 Å². The molecule has 7 heteroatoms. The Kier molecular flexibility index (Phi) is 5.88. The molecule has 0 radical (unpaired) electrons. The number of para-hydroxylation sites is 1. The molecular formula is C19H24N4O3. The number of nitrogens with zero attached hydrogens (tertiary/aromatic N) is 3. The van der Waals surface area contributed by atoms with Gasteiger partial charge in [-0.2, -0.15) is 0 Å². The largest absolute Gasteiger partial charge is 0.493 e. The molecule has 2 heterocycles. The molecule has 1 aromatic heterocycles. The van der Waals surface area contributed by atoms with Crippen molar-refractivity contribution < 1.29 is 14.3 Å². The van der Waals surface area contributed by atoms with E-state index in [0.29, 0.717) is 19.6 Å². The molecule has 1 saturated heterocycles. The molecule has 1 fully saturated rings. The summed E-state index contributed by atoms with van der Waals surface area (Å²) in [6, 6.07) is 9.48. The number of carbonyl (C=O) groups is 2. The van der Waals surface area contributed by atoms with Crippen LogP contribution in [0.1, 0.15) is 31.0 Å². The van der Waals surface area contributed by atoms with Crippen molar-refractivity contribution in [3.63, 3.8) is 0 Å². The molecule has 7 nitrogen and oxygen atoms in total. The number of carbonyl (C=O) groups excluding carboxylic acids is 2. The van der Waals surface area contributed by atoms with E-state index in [9.17, 15) is 9.59 Å². The summed E-state index contributed by atoms with van der Waals surface area (Å²) in [5, 5.41) is 0. The molecule has 0 unspecified atom stereocenters. The maximum absolute atomic E-state index is 12.5. The van der Waals surface area contributed by atoms with Crippen molar-refractivity contribution in [3.8, 4) is 5.75 Å². The van der Waals surface area contributed by atoms with Crippen LogP contribution in [0.15, 0.2) is 42.7 Å². The Morgan fingerprint density at radius 3 is 2.85 bits per heavy atom. The third kappa shape index (κ3) is 4.62. The van der Waals surface area contributed by atoms with Crippen LogP contribution in [-0.4, -0.2) is 46.0 Å². The number of nitrogens with two attached hydrogens (primary N) is 1. The van der Waals surface area contributed by atoms with Gasteiger partial charge in [0.15, 0.2) is 0 Å². The van der Waals surface area contributed by atoms with E-state index in [4.69, 9.17) is 10.5 Å². The maximum Gasteiger partial charge on any atom is 0.237 e. The second kappa shape index (κ2) is 8.51. The maximum atomic E-state index is 12.5. The molecule has 26 heavy (non-hydrogen) atoms. The lowest BCUT2D eigenvalue weighted by Crippen LogP contribution is -2.40. The number of hydrogen-bond acceptors (Lipinski definition) is 4. The van der Waals surface area contributed by atoms with Gasteiger partial charge in [-0.3, -0.25) is 9.59 Å². The van der Waals surface area contributed by atoms with Crippen LogP contribution in [0.25, 0.3) is 0 Å². The number of ether oxygens (including phenoxy) is 1. The molecule has 2 N–H and O–H groups in total. The van der Waals surface area contributed by atoms with Crippen LogP contribution in [0.4, 0.5) is 0 Å². The highest BCUT2D eigenvalue weighted by Gasteiger charge is 2.27. The van der Waals surface area contributed by atoms with Gasteiger partial charge in [0.1, 0.15) is 18.1 Å². The van der Waals surface area contributed by atoms with Crippen LogP contribution in [-0.2, 0) is 16.1 Å². The zero-order valence-corrected chi connectivity index (χ0v) is 14.7. The average molecular weight is 356 g/mol. The molecule has 138 valence electrons. The normalized spacial score (nSPS) is 17.1. The summed E-state index contributed by atoms with van der Waals surface area (Å²) in [5.41, 5.74) is 5.29. The molecule has 3 rings (SSSR count).